The van der Waals surface area contributed by atoms with Crippen LogP contribution in [0.4, 0.5) is 0 Å². The second-order valence-corrected chi connectivity index (χ2v) is 5.71. The first-order valence-corrected chi connectivity index (χ1v) is 6.21. The van der Waals surface area contributed by atoms with E-state index < -0.39 is 0 Å². The highest BCUT2D eigenvalue weighted by Crippen LogP contribution is 2.05. The molecule has 0 aliphatic carbocycles. The van der Waals surface area contributed by atoms with E-state index in [0.717, 1.165) is 31.9 Å². The van der Waals surface area contributed by atoms with Crippen LogP contribution in [-0.2, 0) is 4.74 Å². The Morgan fingerprint density at radius 2 is 1.80 bits per heavy atom. The van der Waals surface area contributed by atoms with Gasteiger partial charge in [0.2, 0.25) is 0 Å². The van der Waals surface area contributed by atoms with Gasteiger partial charge < -0.3 is 10.1 Å². The van der Waals surface area contributed by atoms with Crippen molar-refractivity contribution >= 4 is 0 Å². The first kappa shape index (κ1) is 14.9. The van der Waals surface area contributed by atoms with Crippen LogP contribution in [0.1, 0.15) is 54.4 Å². The van der Waals surface area contributed by atoms with E-state index in [9.17, 15) is 0 Å². The summed E-state index contributed by atoms with van der Waals surface area (Å²) in [5.41, 5.74) is 0.189. The normalized spacial score (nSPS) is 14.6. The van der Waals surface area contributed by atoms with Gasteiger partial charge in [0.15, 0.2) is 0 Å². The van der Waals surface area contributed by atoms with E-state index in [1.165, 1.54) is 0 Å². The second kappa shape index (κ2) is 7.24. The lowest BCUT2D eigenvalue weighted by Gasteiger charge is -2.25. The molecule has 0 aliphatic heterocycles. The Hall–Kier alpha value is -0.0800. The minimum atomic E-state index is 0.189. The quantitative estimate of drug-likeness (QED) is 0.704. The van der Waals surface area contributed by atoms with Crippen LogP contribution in [0.3, 0.4) is 0 Å². The highest BCUT2D eigenvalue weighted by Gasteiger charge is 2.13. The molecule has 0 saturated heterocycles. The summed E-state index contributed by atoms with van der Waals surface area (Å²) in [6.07, 6.45) is 2.61. The number of hydrogen-bond acceptors (Lipinski definition) is 2. The van der Waals surface area contributed by atoms with Gasteiger partial charge >= 0.3 is 0 Å². The number of ether oxygens (including phenoxy) is 1. The molecule has 0 aliphatic rings. The molecule has 0 spiro atoms. The van der Waals surface area contributed by atoms with Crippen LogP contribution in [0.5, 0.6) is 0 Å². The van der Waals surface area contributed by atoms with E-state index in [0.29, 0.717) is 6.10 Å². The number of hydrogen-bond donors (Lipinski definition) is 1. The zero-order chi connectivity index (χ0) is 11.9. The summed E-state index contributed by atoms with van der Waals surface area (Å²) in [5.74, 6) is 0.734. The molecule has 0 rings (SSSR count). The Morgan fingerprint density at radius 1 is 1.20 bits per heavy atom. The Kier molecular flexibility index (Phi) is 7.20. The van der Waals surface area contributed by atoms with Crippen LogP contribution < -0.4 is 5.32 Å². The summed E-state index contributed by atoms with van der Waals surface area (Å²) < 4.78 is 5.84. The van der Waals surface area contributed by atoms with Crippen molar-refractivity contribution in [1.29, 1.82) is 0 Å². The molecule has 15 heavy (non-hydrogen) atoms. The molecule has 1 N–H and O–H groups in total. The maximum Gasteiger partial charge on any atom is 0.0697 e. The molecule has 0 radical (unpaired) electrons. The fourth-order valence-electron chi connectivity index (χ4n) is 1.21. The van der Waals surface area contributed by atoms with Gasteiger partial charge in [-0.25, -0.2) is 0 Å². The SMILES string of the molecule is CCC(CNC(C)(C)C)OCCC(C)C. The van der Waals surface area contributed by atoms with Crippen molar-refractivity contribution in [3.8, 4) is 0 Å². The zero-order valence-electron chi connectivity index (χ0n) is 11.4. The fourth-order valence-corrected chi connectivity index (χ4v) is 1.21. The molecule has 2 nitrogen and oxygen atoms in total. The van der Waals surface area contributed by atoms with Crippen molar-refractivity contribution < 1.29 is 4.74 Å². The smallest absolute Gasteiger partial charge is 0.0697 e. The van der Waals surface area contributed by atoms with Crippen LogP contribution >= 0.6 is 0 Å². The van der Waals surface area contributed by atoms with E-state index in [1.54, 1.807) is 0 Å². The Labute approximate surface area is 95.8 Å². The Bertz CT molecular complexity index is 149. The number of rotatable bonds is 7. The third-order valence-electron chi connectivity index (χ3n) is 2.36. The summed E-state index contributed by atoms with van der Waals surface area (Å²) in [6.45, 7) is 15.1. The maximum atomic E-state index is 5.84. The van der Waals surface area contributed by atoms with Gasteiger partial charge in [-0.15, -0.1) is 0 Å². The van der Waals surface area contributed by atoms with Gasteiger partial charge in [-0.3, -0.25) is 0 Å². The van der Waals surface area contributed by atoms with E-state index >= 15 is 0 Å². The third kappa shape index (κ3) is 10.2. The van der Waals surface area contributed by atoms with Crippen LogP contribution in [0.2, 0.25) is 0 Å². The third-order valence-corrected chi connectivity index (χ3v) is 2.36. The topological polar surface area (TPSA) is 21.3 Å². The van der Waals surface area contributed by atoms with E-state index in [4.69, 9.17) is 4.74 Å². The molecule has 0 heterocycles. The van der Waals surface area contributed by atoms with Gasteiger partial charge in [0.05, 0.1) is 6.10 Å². The predicted molar refractivity (Wildman–Crippen MR) is 67.2 cm³/mol. The molecule has 0 amide bonds. The van der Waals surface area contributed by atoms with Crippen LogP contribution in [-0.4, -0.2) is 24.8 Å². The first-order valence-electron chi connectivity index (χ1n) is 6.21. The molecule has 92 valence electrons. The highest BCUT2D eigenvalue weighted by atomic mass is 16.5. The van der Waals surface area contributed by atoms with Crippen molar-refractivity contribution in [2.75, 3.05) is 13.2 Å². The molecule has 0 saturated carbocycles. The molecule has 0 aromatic heterocycles. The summed E-state index contributed by atoms with van der Waals surface area (Å²) in [6, 6.07) is 0. The molecule has 0 aromatic carbocycles. The van der Waals surface area contributed by atoms with E-state index in [2.05, 4.69) is 46.9 Å². The molecule has 0 fully saturated rings. The van der Waals surface area contributed by atoms with Gasteiger partial charge in [-0.05, 0) is 39.5 Å². The lowest BCUT2D eigenvalue weighted by Crippen LogP contribution is -2.41. The second-order valence-electron chi connectivity index (χ2n) is 5.71. The molecular weight excluding hydrogens is 186 g/mol. The Balaban J connectivity index is 3.64. The van der Waals surface area contributed by atoms with Crippen LogP contribution in [0, 0.1) is 5.92 Å². The monoisotopic (exact) mass is 215 g/mol. The van der Waals surface area contributed by atoms with Gasteiger partial charge in [0.25, 0.3) is 0 Å². The summed E-state index contributed by atoms with van der Waals surface area (Å²) in [4.78, 5) is 0. The average molecular weight is 215 g/mol. The van der Waals surface area contributed by atoms with Crippen molar-refractivity contribution in [3.63, 3.8) is 0 Å². The molecule has 1 atom stereocenters. The lowest BCUT2D eigenvalue weighted by atomic mass is 10.1. The number of nitrogens with one attached hydrogen (secondary N) is 1. The van der Waals surface area contributed by atoms with Gasteiger partial charge in [0.1, 0.15) is 0 Å². The lowest BCUT2D eigenvalue weighted by molar-refractivity contribution is 0.0404. The van der Waals surface area contributed by atoms with Crippen LogP contribution in [0.15, 0.2) is 0 Å². The summed E-state index contributed by atoms with van der Waals surface area (Å²) in [7, 11) is 0. The van der Waals surface area contributed by atoms with Gasteiger partial charge in [-0.1, -0.05) is 20.8 Å². The van der Waals surface area contributed by atoms with E-state index in [-0.39, 0.29) is 5.54 Å². The van der Waals surface area contributed by atoms with E-state index in [1.807, 2.05) is 0 Å². The van der Waals surface area contributed by atoms with Crippen molar-refractivity contribution in [2.45, 2.75) is 66.0 Å². The zero-order valence-corrected chi connectivity index (χ0v) is 11.4. The van der Waals surface area contributed by atoms with Gasteiger partial charge in [0, 0.05) is 18.7 Å². The van der Waals surface area contributed by atoms with Gasteiger partial charge in [-0.2, -0.15) is 0 Å². The summed E-state index contributed by atoms with van der Waals surface area (Å²) >= 11 is 0. The maximum absolute atomic E-state index is 5.84. The minimum absolute atomic E-state index is 0.189. The molecular formula is C13H29NO. The highest BCUT2D eigenvalue weighted by molar-refractivity contribution is 4.73. The van der Waals surface area contributed by atoms with Crippen LogP contribution in [0.25, 0.3) is 0 Å². The predicted octanol–water partition coefficient (Wildman–Crippen LogP) is 3.22. The molecule has 2 heteroatoms. The molecule has 0 bridgehead atoms. The largest absolute Gasteiger partial charge is 0.377 e. The van der Waals surface area contributed by atoms with Crippen molar-refractivity contribution in [2.24, 2.45) is 5.92 Å². The fraction of sp³-hybridized carbons (Fsp3) is 1.00. The minimum Gasteiger partial charge on any atom is -0.377 e. The first-order chi connectivity index (χ1) is 6.85. The standard InChI is InChI=1S/C13H29NO/c1-7-12(10-14-13(4,5)6)15-9-8-11(2)3/h11-12,14H,7-10H2,1-6H3. The van der Waals surface area contributed by atoms with Crippen molar-refractivity contribution in [3.05, 3.63) is 0 Å². The van der Waals surface area contributed by atoms with Crippen molar-refractivity contribution in [1.82, 2.24) is 5.32 Å². The average Bonchev–Trinajstić information content (AvgIpc) is 2.08. The Morgan fingerprint density at radius 3 is 2.20 bits per heavy atom. The molecule has 1 unspecified atom stereocenters. The molecule has 0 aromatic rings. The summed E-state index contributed by atoms with van der Waals surface area (Å²) in [5, 5.41) is 3.49.